The summed E-state index contributed by atoms with van der Waals surface area (Å²) < 4.78 is 5.39. The average molecular weight is 149 g/mol. The number of hydrogen-bond donors (Lipinski definition) is 0. The van der Waals surface area contributed by atoms with Crippen molar-refractivity contribution in [3.8, 4) is 0 Å². The van der Waals surface area contributed by atoms with Crippen molar-refractivity contribution in [1.82, 2.24) is 0 Å². The number of hydrogen-bond acceptors (Lipinski definition) is 1. The maximum absolute atomic E-state index is 5.76. The standard InChI is InChI=1S/C7H13ClO/c1-3-6-5(2)4-7(8)9-6/h5-7H,3-4H2,1-2H3/t5-,6+,7-/m1/s1. The van der Waals surface area contributed by atoms with Crippen LogP contribution >= 0.6 is 11.6 Å². The van der Waals surface area contributed by atoms with E-state index < -0.39 is 0 Å². The molecule has 1 fully saturated rings. The molecule has 1 rings (SSSR count). The molecule has 0 aliphatic carbocycles. The highest BCUT2D eigenvalue weighted by Gasteiger charge is 2.28. The number of halogens is 1. The SMILES string of the molecule is CC[C@@H]1O[C@@H](Cl)C[C@H]1C. The molecule has 1 nitrogen and oxygen atoms in total. The highest BCUT2D eigenvalue weighted by Crippen LogP contribution is 2.29. The topological polar surface area (TPSA) is 9.23 Å². The summed E-state index contributed by atoms with van der Waals surface area (Å²) in [7, 11) is 0. The lowest BCUT2D eigenvalue weighted by atomic mass is 10.0. The first-order chi connectivity index (χ1) is 4.24. The Balaban J connectivity index is 2.38. The molecule has 0 saturated carbocycles. The molecule has 0 bridgehead atoms. The van der Waals surface area contributed by atoms with Crippen LogP contribution in [-0.2, 0) is 4.74 Å². The summed E-state index contributed by atoms with van der Waals surface area (Å²) in [6.07, 6.45) is 2.51. The van der Waals surface area contributed by atoms with Gasteiger partial charge in [-0.25, -0.2) is 0 Å². The van der Waals surface area contributed by atoms with Crippen LogP contribution in [0.1, 0.15) is 26.7 Å². The molecule has 9 heavy (non-hydrogen) atoms. The maximum Gasteiger partial charge on any atom is 0.131 e. The van der Waals surface area contributed by atoms with Crippen molar-refractivity contribution in [1.29, 1.82) is 0 Å². The van der Waals surface area contributed by atoms with E-state index in [1.165, 1.54) is 0 Å². The largest absolute Gasteiger partial charge is 0.359 e. The van der Waals surface area contributed by atoms with Crippen LogP contribution in [0.15, 0.2) is 0 Å². The third kappa shape index (κ3) is 1.59. The van der Waals surface area contributed by atoms with E-state index in [0.717, 1.165) is 12.8 Å². The van der Waals surface area contributed by atoms with E-state index in [9.17, 15) is 0 Å². The molecular formula is C7H13ClO. The van der Waals surface area contributed by atoms with Gasteiger partial charge in [-0.2, -0.15) is 0 Å². The number of alkyl halides is 1. The van der Waals surface area contributed by atoms with Gasteiger partial charge in [0.15, 0.2) is 0 Å². The summed E-state index contributed by atoms with van der Waals surface area (Å²) in [5.74, 6) is 0.650. The van der Waals surface area contributed by atoms with Gasteiger partial charge in [-0.15, -0.1) is 0 Å². The second-order valence-corrected chi connectivity index (χ2v) is 3.19. The van der Waals surface area contributed by atoms with Crippen LogP contribution in [0.25, 0.3) is 0 Å². The Hall–Kier alpha value is 0.250. The molecule has 0 aromatic heterocycles. The Morgan fingerprint density at radius 2 is 2.33 bits per heavy atom. The van der Waals surface area contributed by atoms with Gasteiger partial charge in [-0.05, 0) is 18.8 Å². The first-order valence-electron chi connectivity index (χ1n) is 3.53. The van der Waals surface area contributed by atoms with Crippen molar-refractivity contribution < 1.29 is 4.74 Å². The van der Waals surface area contributed by atoms with Crippen LogP contribution in [-0.4, -0.2) is 11.7 Å². The lowest BCUT2D eigenvalue weighted by molar-refractivity contribution is 0.0721. The van der Waals surface area contributed by atoms with Crippen LogP contribution < -0.4 is 0 Å². The molecule has 3 atom stereocenters. The molecular weight excluding hydrogens is 136 g/mol. The van der Waals surface area contributed by atoms with Crippen molar-refractivity contribution in [3.63, 3.8) is 0 Å². The normalized spacial score (nSPS) is 43.7. The highest BCUT2D eigenvalue weighted by molar-refractivity contribution is 6.19. The van der Waals surface area contributed by atoms with Crippen LogP contribution in [0.2, 0.25) is 0 Å². The summed E-state index contributed by atoms with van der Waals surface area (Å²) in [6.45, 7) is 4.33. The van der Waals surface area contributed by atoms with E-state index in [0.29, 0.717) is 12.0 Å². The molecule has 1 aliphatic heterocycles. The van der Waals surface area contributed by atoms with Gasteiger partial charge in [0.2, 0.25) is 0 Å². The summed E-state index contributed by atoms with van der Waals surface area (Å²) in [6, 6.07) is 0. The Labute approximate surface area is 61.3 Å². The van der Waals surface area contributed by atoms with Gasteiger partial charge in [-0.3, -0.25) is 0 Å². The summed E-state index contributed by atoms with van der Waals surface area (Å²) in [5, 5.41) is 0. The Kier molecular flexibility index (Phi) is 2.36. The van der Waals surface area contributed by atoms with Gasteiger partial charge < -0.3 is 4.74 Å². The van der Waals surface area contributed by atoms with Crippen molar-refractivity contribution >= 4 is 11.6 Å². The van der Waals surface area contributed by atoms with Gasteiger partial charge in [0, 0.05) is 0 Å². The van der Waals surface area contributed by atoms with Crippen molar-refractivity contribution in [2.45, 2.75) is 38.4 Å². The highest BCUT2D eigenvalue weighted by atomic mass is 35.5. The molecule has 1 heterocycles. The molecule has 1 aliphatic rings. The summed E-state index contributed by atoms with van der Waals surface area (Å²) in [5.41, 5.74) is -0.0232. The van der Waals surface area contributed by atoms with Crippen LogP contribution in [0.5, 0.6) is 0 Å². The monoisotopic (exact) mass is 148 g/mol. The molecule has 0 aromatic rings. The molecule has 0 spiro atoms. The minimum absolute atomic E-state index is 0.0232. The Morgan fingerprint density at radius 1 is 1.67 bits per heavy atom. The third-order valence-corrected chi connectivity index (χ3v) is 2.20. The van der Waals surface area contributed by atoms with E-state index in [-0.39, 0.29) is 5.56 Å². The second kappa shape index (κ2) is 2.89. The van der Waals surface area contributed by atoms with Gasteiger partial charge in [-0.1, -0.05) is 25.4 Å². The third-order valence-electron chi connectivity index (χ3n) is 1.92. The lowest BCUT2D eigenvalue weighted by Crippen LogP contribution is -2.11. The minimum atomic E-state index is -0.0232. The molecule has 0 amide bonds. The van der Waals surface area contributed by atoms with Crippen LogP contribution in [0.3, 0.4) is 0 Å². The average Bonchev–Trinajstić information content (AvgIpc) is 2.10. The van der Waals surface area contributed by atoms with E-state index >= 15 is 0 Å². The van der Waals surface area contributed by atoms with Crippen molar-refractivity contribution in [3.05, 3.63) is 0 Å². The zero-order valence-electron chi connectivity index (χ0n) is 5.93. The number of rotatable bonds is 1. The quantitative estimate of drug-likeness (QED) is 0.519. The van der Waals surface area contributed by atoms with E-state index in [4.69, 9.17) is 16.3 Å². The van der Waals surface area contributed by atoms with Gasteiger partial charge in [0.25, 0.3) is 0 Å². The zero-order valence-corrected chi connectivity index (χ0v) is 6.69. The van der Waals surface area contributed by atoms with E-state index in [2.05, 4.69) is 13.8 Å². The Bertz CT molecular complexity index is 94.9. The first kappa shape index (κ1) is 7.36. The molecule has 0 N–H and O–H groups in total. The predicted molar refractivity (Wildman–Crippen MR) is 38.6 cm³/mol. The molecule has 54 valence electrons. The van der Waals surface area contributed by atoms with Gasteiger partial charge in [0.05, 0.1) is 6.10 Å². The molecule has 0 radical (unpaired) electrons. The fraction of sp³-hybridized carbons (Fsp3) is 1.00. The van der Waals surface area contributed by atoms with Crippen LogP contribution in [0.4, 0.5) is 0 Å². The van der Waals surface area contributed by atoms with Crippen molar-refractivity contribution in [2.24, 2.45) is 5.92 Å². The predicted octanol–water partition coefficient (Wildman–Crippen LogP) is 2.39. The maximum atomic E-state index is 5.76. The van der Waals surface area contributed by atoms with E-state index in [1.54, 1.807) is 0 Å². The minimum Gasteiger partial charge on any atom is -0.359 e. The summed E-state index contributed by atoms with van der Waals surface area (Å²) in [4.78, 5) is 0. The molecule has 0 unspecified atom stereocenters. The van der Waals surface area contributed by atoms with Gasteiger partial charge in [0.1, 0.15) is 5.56 Å². The number of ether oxygens (including phenoxy) is 1. The zero-order chi connectivity index (χ0) is 6.85. The second-order valence-electron chi connectivity index (χ2n) is 2.71. The Morgan fingerprint density at radius 3 is 2.56 bits per heavy atom. The molecule has 1 saturated heterocycles. The van der Waals surface area contributed by atoms with Crippen LogP contribution in [0, 0.1) is 5.92 Å². The van der Waals surface area contributed by atoms with E-state index in [1.807, 2.05) is 0 Å². The fourth-order valence-electron chi connectivity index (χ4n) is 1.32. The molecule has 2 heteroatoms. The first-order valence-corrected chi connectivity index (χ1v) is 3.97. The lowest BCUT2D eigenvalue weighted by Gasteiger charge is -2.09. The fourth-order valence-corrected chi connectivity index (χ4v) is 1.74. The molecule has 0 aromatic carbocycles. The smallest absolute Gasteiger partial charge is 0.131 e. The summed E-state index contributed by atoms with van der Waals surface area (Å²) >= 11 is 5.76. The van der Waals surface area contributed by atoms with Crippen molar-refractivity contribution in [2.75, 3.05) is 0 Å². The van der Waals surface area contributed by atoms with Gasteiger partial charge >= 0.3 is 0 Å².